The van der Waals surface area contributed by atoms with Crippen molar-refractivity contribution in [2.24, 2.45) is 0 Å². The molecule has 1 unspecified atom stereocenters. The van der Waals surface area contributed by atoms with Crippen LogP contribution in [0.5, 0.6) is 0 Å². The van der Waals surface area contributed by atoms with Crippen LogP contribution in [0.3, 0.4) is 0 Å². The molecular formula is C76H122O6. The van der Waals surface area contributed by atoms with Gasteiger partial charge in [0.1, 0.15) is 13.2 Å². The van der Waals surface area contributed by atoms with Crippen molar-refractivity contribution in [3.8, 4) is 0 Å². The molecule has 0 fully saturated rings. The third kappa shape index (κ3) is 65.8. The van der Waals surface area contributed by atoms with Crippen molar-refractivity contribution in [3.05, 3.63) is 158 Å². The van der Waals surface area contributed by atoms with Crippen LogP contribution < -0.4 is 0 Å². The van der Waals surface area contributed by atoms with Crippen molar-refractivity contribution < 1.29 is 28.6 Å². The van der Waals surface area contributed by atoms with Crippen LogP contribution >= 0.6 is 0 Å². The number of hydrogen-bond acceptors (Lipinski definition) is 6. The number of ether oxygens (including phenoxy) is 3. The smallest absolute Gasteiger partial charge is 0.306 e. The first-order valence-corrected chi connectivity index (χ1v) is 33.5. The number of unbranched alkanes of at least 4 members (excludes halogenated alkanes) is 22. The van der Waals surface area contributed by atoms with Crippen LogP contribution in [0.4, 0.5) is 0 Å². The molecule has 0 radical (unpaired) electrons. The van der Waals surface area contributed by atoms with Crippen LogP contribution in [-0.2, 0) is 28.6 Å². The Morgan fingerprint density at radius 1 is 0.256 bits per heavy atom. The lowest BCUT2D eigenvalue weighted by Crippen LogP contribution is -2.30. The molecule has 0 N–H and O–H groups in total. The lowest BCUT2D eigenvalue weighted by molar-refractivity contribution is -0.166. The molecule has 82 heavy (non-hydrogen) atoms. The SMILES string of the molecule is CC/C=C\C/C=C\C/C=C\C/C=C\C/C=C\C/C=C\CCC(=O)OC(COC(=O)CCCCCCC/C=C\C/C=C\CCCC)COC(=O)CCCCCCCCCCCCCCCCC/C=C\C/C=C\C/C=C\C/C=C\C/C=C\CC. The van der Waals surface area contributed by atoms with Gasteiger partial charge in [0.05, 0.1) is 0 Å². The molecule has 0 saturated heterocycles. The van der Waals surface area contributed by atoms with Gasteiger partial charge < -0.3 is 14.2 Å². The fourth-order valence-electron chi connectivity index (χ4n) is 8.81. The molecule has 462 valence electrons. The molecule has 6 nitrogen and oxygen atoms in total. The zero-order valence-electron chi connectivity index (χ0n) is 52.9. The number of hydrogen-bond donors (Lipinski definition) is 0. The lowest BCUT2D eigenvalue weighted by atomic mass is 10.0. The van der Waals surface area contributed by atoms with Crippen molar-refractivity contribution in [3.63, 3.8) is 0 Å². The third-order valence-electron chi connectivity index (χ3n) is 13.8. The number of allylic oxidation sites excluding steroid dienone is 26. The van der Waals surface area contributed by atoms with Crippen molar-refractivity contribution in [2.45, 2.75) is 290 Å². The summed E-state index contributed by atoms with van der Waals surface area (Å²) >= 11 is 0. The third-order valence-corrected chi connectivity index (χ3v) is 13.8. The van der Waals surface area contributed by atoms with Crippen LogP contribution in [0.25, 0.3) is 0 Å². The van der Waals surface area contributed by atoms with E-state index >= 15 is 0 Å². The highest BCUT2D eigenvalue weighted by atomic mass is 16.6. The van der Waals surface area contributed by atoms with E-state index in [1.807, 2.05) is 6.08 Å². The van der Waals surface area contributed by atoms with E-state index in [2.05, 4.69) is 173 Å². The molecule has 0 spiro atoms. The van der Waals surface area contributed by atoms with Crippen LogP contribution in [0.1, 0.15) is 284 Å². The summed E-state index contributed by atoms with van der Waals surface area (Å²) in [6.45, 7) is 6.30. The summed E-state index contributed by atoms with van der Waals surface area (Å²) in [6.07, 6.45) is 99.9. The van der Waals surface area contributed by atoms with Crippen molar-refractivity contribution in [1.82, 2.24) is 0 Å². The van der Waals surface area contributed by atoms with Crippen molar-refractivity contribution in [1.29, 1.82) is 0 Å². The van der Waals surface area contributed by atoms with Gasteiger partial charge in [-0.15, -0.1) is 0 Å². The average Bonchev–Trinajstić information content (AvgIpc) is 3.47. The Kier molecular flexibility index (Phi) is 64.4. The van der Waals surface area contributed by atoms with E-state index < -0.39 is 12.1 Å². The average molecular weight is 1130 g/mol. The first kappa shape index (κ1) is 77.0. The van der Waals surface area contributed by atoms with Gasteiger partial charge in [0, 0.05) is 19.3 Å². The second kappa shape index (κ2) is 68.5. The molecule has 6 heteroatoms. The maximum atomic E-state index is 12.9. The highest BCUT2D eigenvalue weighted by molar-refractivity contribution is 5.71. The monoisotopic (exact) mass is 1130 g/mol. The Morgan fingerprint density at radius 3 is 0.793 bits per heavy atom. The normalized spacial score (nSPS) is 13.2. The maximum absolute atomic E-state index is 12.9. The van der Waals surface area contributed by atoms with Gasteiger partial charge in [-0.3, -0.25) is 14.4 Å². The number of carbonyl (C=O) groups excluding carboxylic acids is 3. The number of rotatable bonds is 59. The van der Waals surface area contributed by atoms with Crippen LogP contribution in [0.2, 0.25) is 0 Å². The molecule has 0 heterocycles. The predicted octanol–water partition coefficient (Wildman–Crippen LogP) is 23.3. The molecule has 0 aliphatic rings. The van der Waals surface area contributed by atoms with Crippen LogP contribution in [0, 0.1) is 0 Å². The minimum atomic E-state index is -0.832. The minimum Gasteiger partial charge on any atom is -0.462 e. The highest BCUT2D eigenvalue weighted by Crippen LogP contribution is 2.16. The van der Waals surface area contributed by atoms with E-state index in [-0.39, 0.29) is 31.6 Å². The Bertz CT molecular complexity index is 1830. The Labute approximate surface area is 505 Å². The molecular weight excluding hydrogens is 1010 g/mol. The van der Waals surface area contributed by atoms with Gasteiger partial charge in [0.15, 0.2) is 6.10 Å². The molecule has 0 aromatic carbocycles. The topological polar surface area (TPSA) is 78.9 Å². The Hall–Kier alpha value is -4.97. The fourth-order valence-corrected chi connectivity index (χ4v) is 8.81. The van der Waals surface area contributed by atoms with Gasteiger partial charge in [0.2, 0.25) is 0 Å². The van der Waals surface area contributed by atoms with E-state index in [1.165, 1.54) is 103 Å². The van der Waals surface area contributed by atoms with Crippen LogP contribution in [0.15, 0.2) is 158 Å². The lowest BCUT2D eigenvalue weighted by Gasteiger charge is -2.18. The van der Waals surface area contributed by atoms with Crippen LogP contribution in [-0.4, -0.2) is 37.2 Å². The second-order valence-electron chi connectivity index (χ2n) is 21.6. The van der Waals surface area contributed by atoms with Crippen molar-refractivity contribution in [2.75, 3.05) is 13.2 Å². The van der Waals surface area contributed by atoms with Gasteiger partial charge in [-0.25, -0.2) is 0 Å². The summed E-state index contributed by atoms with van der Waals surface area (Å²) in [5.41, 5.74) is 0. The maximum Gasteiger partial charge on any atom is 0.306 e. The molecule has 1 atom stereocenters. The molecule has 0 aliphatic heterocycles. The quantitative estimate of drug-likeness (QED) is 0.0261. The minimum absolute atomic E-state index is 0.117. The van der Waals surface area contributed by atoms with E-state index in [4.69, 9.17) is 14.2 Å². The summed E-state index contributed by atoms with van der Waals surface area (Å²) in [7, 11) is 0. The summed E-state index contributed by atoms with van der Waals surface area (Å²) in [5.74, 6) is -1.02. The molecule has 0 aromatic rings. The number of esters is 3. The fraction of sp³-hybridized carbons (Fsp3) is 0.618. The van der Waals surface area contributed by atoms with Gasteiger partial charge in [-0.05, 0) is 128 Å². The molecule has 0 saturated carbocycles. The zero-order valence-corrected chi connectivity index (χ0v) is 52.9. The largest absolute Gasteiger partial charge is 0.462 e. The van der Waals surface area contributed by atoms with E-state index in [1.54, 1.807) is 0 Å². The Morgan fingerprint density at radius 2 is 0.500 bits per heavy atom. The summed E-state index contributed by atoms with van der Waals surface area (Å²) < 4.78 is 16.8. The summed E-state index contributed by atoms with van der Waals surface area (Å²) in [5, 5.41) is 0. The standard InChI is InChI=1S/C76H122O6/c1-4-7-10-13-16-19-22-25-28-30-32-33-34-35-36-37-38-39-40-41-42-43-45-46-48-51-54-57-60-63-66-69-75(78)81-72-73(71-80-74(77)68-65-62-59-56-53-50-27-24-21-18-15-12-9-6-3)82-76(79)70-67-64-61-58-55-52-49-47-44-31-29-26-23-20-17-14-11-8-5-2/h7-8,10-11,15-20,24-29,32-33,35-36,44,47,52,55,61,64,73H,4-6,9,12-14,21-23,30-31,34,37-43,45-46,48-51,53-54,56-60,62-63,65-72H2,1-3H3/b10-7-,11-8-,18-15-,19-16-,20-17-,27-24-,28-25-,29-26-,33-32-,36-35-,47-44-,55-52-,64-61-. The molecule has 0 rings (SSSR count). The zero-order chi connectivity index (χ0) is 59.2. The first-order chi connectivity index (χ1) is 40.5. The molecule has 0 aliphatic carbocycles. The van der Waals surface area contributed by atoms with Gasteiger partial charge in [-0.2, -0.15) is 0 Å². The van der Waals surface area contributed by atoms with Gasteiger partial charge >= 0.3 is 17.9 Å². The first-order valence-electron chi connectivity index (χ1n) is 33.5. The second-order valence-corrected chi connectivity index (χ2v) is 21.6. The summed E-state index contributed by atoms with van der Waals surface area (Å²) in [4.78, 5) is 38.3. The van der Waals surface area contributed by atoms with E-state index in [0.29, 0.717) is 19.3 Å². The predicted molar refractivity (Wildman–Crippen MR) is 357 cm³/mol. The van der Waals surface area contributed by atoms with Gasteiger partial charge in [0.25, 0.3) is 0 Å². The number of carbonyl (C=O) groups is 3. The van der Waals surface area contributed by atoms with E-state index in [9.17, 15) is 14.4 Å². The molecule has 0 bridgehead atoms. The molecule has 0 aromatic heterocycles. The van der Waals surface area contributed by atoms with E-state index in [0.717, 1.165) is 135 Å². The van der Waals surface area contributed by atoms with Crippen molar-refractivity contribution >= 4 is 17.9 Å². The summed E-state index contributed by atoms with van der Waals surface area (Å²) in [6, 6.07) is 0. The Balaban J connectivity index is 4.36. The molecule has 0 amide bonds. The highest BCUT2D eigenvalue weighted by Gasteiger charge is 2.19. The van der Waals surface area contributed by atoms with Gasteiger partial charge in [-0.1, -0.05) is 294 Å².